The normalized spacial score (nSPS) is 31.6. The predicted octanol–water partition coefficient (Wildman–Crippen LogP) is 3.25. The summed E-state index contributed by atoms with van der Waals surface area (Å²) in [5.74, 6) is 0. The third kappa shape index (κ3) is 1.51. The molecule has 0 unspecified atom stereocenters. The fraction of sp³-hybridized carbons (Fsp3) is 0.273. The molecule has 0 radical (unpaired) electrons. The van der Waals surface area contributed by atoms with Crippen molar-refractivity contribution in [3.05, 3.63) is 41.5 Å². The lowest BCUT2D eigenvalue weighted by molar-refractivity contribution is 0.670. The van der Waals surface area contributed by atoms with Crippen molar-refractivity contribution in [2.45, 2.75) is 19.2 Å². The molecule has 1 fully saturated rings. The molecule has 1 aliphatic carbocycles. The van der Waals surface area contributed by atoms with Gasteiger partial charge in [0.15, 0.2) is 0 Å². The minimum atomic E-state index is -1.68. The summed E-state index contributed by atoms with van der Waals surface area (Å²) in [6, 6.07) is 8.69. The standard InChI is InChI=1S/C11H12/c1-2-5-10(6-3-1)9-11-7-4-8-11/h1-3,5-6,9H,4,7-8H2/i7D2,8D2,9D. The number of hydrogen-bond acceptors (Lipinski definition) is 0. The molecule has 0 aliphatic heterocycles. The number of rotatable bonds is 1. The second kappa shape index (κ2) is 2.91. The van der Waals surface area contributed by atoms with Gasteiger partial charge in [0.1, 0.15) is 0 Å². The minimum Gasteiger partial charge on any atom is -0.0696 e. The molecule has 1 aliphatic rings. The Morgan fingerprint density at radius 1 is 1.27 bits per heavy atom. The maximum Gasteiger partial charge on any atom is 0.0629 e. The summed E-state index contributed by atoms with van der Waals surface area (Å²) in [5, 5.41) is 0. The summed E-state index contributed by atoms with van der Waals surface area (Å²) in [7, 11) is 0. The molecule has 1 aromatic carbocycles. The van der Waals surface area contributed by atoms with Crippen LogP contribution in [0.3, 0.4) is 0 Å². The van der Waals surface area contributed by atoms with Crippen LogP contribution in [0.25, 0.3) is 6.05 Å². The van der Waals surface area contributed by atoms with E-state index in [1.807, 2.05) is 6.07 Å². The van der Waals surface area contributed by atoms with E-state index >= 15 is 0 Å². The Morgan fingerprint density at radius 2 is 2.00 bits per heavy atom. The molecule has 0 N–H and O–H groups in total. The highest BCUT2D eigenvalue weighted by atomic mass is 14.1. The summed E-state index contributed by atoms with van der Waals surface area (Å²) >= 11 is 0. The van der Waals surface area contributed by atoms with E-state index in [1.165, 1.54) is 0 Å². The van der Waals surface area contributed by atoms with E-state index in [0.29, 0.717) is 5.56 Å². The Kier molecular flexibility index (Phi) is 0.831. The first-order valence-electron chi connectivity index (χ1n) is 6.12. The Hall–Kier alpha value is -1.04. The summed E-state index contributed by atoms with van der Waals surface area (Å²) in [5.41, 5.74) is 0.524. The fourth-order valence-electron chi connectivity index (χ4n) is 0.931. The lowest BCUT2D eigenvalue weighted by atomic mass is 9.91. The fourth-order valence-corrected chi connectivity index (χ4v) is 0.931. The molecule has 2 rings (SSSR count). The molecule has 0 spiro atoms. The zero-order chi connectivity index (χ0) is 12.0. The molecular weight excluding hydrogens is 132 g/mol. The highest BCUT2D eigenvalue weighted by Gasteiger charge is 2.06. The molecule has 1 saturated carbocycles. The van der Waals surface area contributed by atoms with E-state index in [2.05, 4.69) is 0 Å². The lowest BCUT2D eigenvalue weighted by Gasteiger charge is -2.15. The molecule has 11 heavy (non-hydrogen) atoms. The van der Waals surface area contributed by atoms with Crippen molar-refractivity contribution >= 4 is 6.05 Å². The maximum atomic E-state index is 7.88. The first kappa shape index (κ1) is 3.14. The van der Waals surface area contributed by atoms with E-state index < -0.39 is 12.7 Å². The lowest BCUT2D eigenvalue weighted by Crippen LogP contribution is -1.95. The van der Waals surface area contributed by atoms with Crippen LogP contribution in [0.4, 0.5) is 0 Å². The van der Waals surface area contributed by atoms with Gasteiger partial charge in [0, 0.05) is 5.48 Å². The largest absolute Gasteiger partial charge is 0.0696 e. The summed E-state index contributed by atoms with van der Waals surface area (Å²) in [6.07, 6.45) is -3.53. The molecule has 0 heteroatoms. The van der Waals surface area contributed by atoms with Crippen molar-refractivity contribution in [2.75, 3.05) is 0 Å². The van der Waals surface area contributed by atoms with Crippen molar-refractivity contribution in [2.24, 2.45) is 0 Å². The molecule has 1 aromatic rings. The van der Waals surface area contributed by atoms with Crippen molar-refractivity contribution in [1.29, 1.82) is 0 Å². The molecule has 0 heterocycles. The van der Waals surface area contributed by atoms with Crippen molar-refractivity contribution in [1.82, 2.24) is 0 Å². The highest BCUT2D eigenvalue weighted by molar-refractivity contribution is 5.53. The van der Waals surface area contributed by atoms with Crippen LogP contribution in [0.15, 0.2) is 35.9 Å². The third-order valence-corrected chi connectivity index (χ3v) is 1.57. The van der Waals surface area contributed by atoms with Gasteiger partial charge in [0.05, 0.1) is 1.37 Å². The SMILES string of the molecule is [2H]C(=C1C([2H])([2H])CC1([2H])[2H])c1ccccc1. The third-order valence-electron chi connectivity index (χ3n) is 1.57. The smallest absolute Gasteiger partial charge is 0.0629 e. The van der Waals surface area contributed by atoms with Crippen LogP contribution in [-0.2, 0) is 0 Å². The number of allylic oxidation sites excluding steroid dienone is 1. The second-order valence-electron chi connectivity index (χ2n) is 2.40. The van der Waals surface area contributed by atoms with E-state index in [-0.39, 0.29) is 18.0 Å². The summed E-state index contributed by atoms with van der Waals surface area (Å²) in [6.45, 7) is 0. The highest BCUT2D eigenvalue weighted by Crippen LogP contribution is 2.27. The molecule has 0 nitrogen and oxygen atoms in total. The van der Waals surface area contributed by atoms with Crippen LogP contribution in [0.2, 0.25) is 0 Å². The van der Waals surface area contributed by atoms with E-state index in [4.69, 9.17) is 6.85 Å². The average molecular weight is 149 g/mol. The van der Waals surface area contributed by atoms with Gasteiger partial charge in [-0.3, -0.25) is 0 Å². The van der Waals surface area contributed by atoms with Crippen molar-refractivity contribution in [3.8, 4) is 0 Å². The van der Waals surface area contributed by atoms with Gasteiger partial charge in [-0.05, 0) is 24.7 Å². The monoisotopic (exact) mass is 149 g/mol. The van der Waals surface area contributed by atoms with E-state index in [9.17, 15) is 0 Å². The molecule has 56 valence electrons. The predicted molar refractivity (Wildman–Crippen MR) is 48.3 cm³/mol. The van der Waals surface area contributed by atoms with Gasteiger partial charge >= 0.3 is 0 Å². The van der Waals surface area contributed by atoms with Gasteiger partial charge in [-0.25, -0.2) is 0 Å². The quantitative estimate of drug-likeness (QED) is 0.575. The van der Waals surface area contributed by atoms with Gasteiger partial charge in [0.25, 0.3) is 0 Å². The van der Waals surface area contributed by atoms with Gasteiger partial charge in [-0.15, -0.1) is 0 Å². The van der Waals surface area contributed by atoms with Gasteiger partial charge in [0.2, 0.25) is 0 Å². The number of benzene rings is 1. The average Bonchev–Trinajstić information content (AvgIpc) is 2.15. The van der Waals surface area contributed by atoms with Crippen LogP contribution in [-0.4, -0.2) is 0 Å². The molecule has 0 amide bonds. The zero-order valence-corrected chi connectivity index (χ0v) is 6.09. The van der Waals surface area contributed by atoms with Gasteiger partial charge in [-0.2, -0.15) is 0 Å². The van der Waals surface area contributed by atoms with Crippen LogP contribution < -0.4 is 0 Å². The molecule has 0 atom stereocenters. The molecular formula is C11H12. The first-order valence-corrected chi connectivity index (χ1v) is 3.62. The van der Waals surface area contributed by atoms with Crippen LogP contribution in [0.1, 0.15) is 31.6 Å². The van der Waals surface area contributed by atoms with Crippen LogP contribution in [0, 0.1) is 0 Å². The molecule has 0 saturated heterocycles. The summed E-state index contributed by atoms with van der Waals surface area (Å²) < 4.78 is 38.3. The van der Waals surface area contributed by atoms with Gasteiger partial charge < -0.3 is 0 Å². The van der Waals surface area contributed by atoms with Gasteiger partial charge in [-0.1, -0.05) is 42.0 Å². The van der Waals surface area contributed by atoms with E-state index in [0.717, 1.165) is 0 Å². The van der Waals surface area contributed by atoms with Crippen LogP contribution >= 0.6 is 0 Å². The van der Waals surface area contributed by atoms with E-state index in [1.54, 1.807) is 24.3 Å². The molecule has 0 bridgehead atoms. The van der Waals surface area contributed by atoms with Crippen LogP contribution in [0.5, 0.6) is 0 Å². The Balaban J connectivity index is 2.49. The maximum absolute atomic E-state index is 7.88. The minimum absolute atomic E-state index is 0.0261. The first-order chi connectivity index (χ1) is 7.34. The van der Waals surface area contributed by atoms with Crippen molar-refractivity contribution < 1.29 is 6.85 Å². The Morgan fingerprint density at radius 3 is 2.64 bits per heavy atom. The molecule has 0 aromatic heterocycles. The Labute approximate surface area is 74.6 Å². The zero-order valence-electron chi connectivity index (χ0n) is 11.1. The number of hydrogen-bond donors (Lipinski definition) is 0. The topological polar surface area (TPSA) is 0 Å². The van der Waals surface area contributed by atoms with Crippen molar-refractivity contribution in [3.63, 3.8) is 0 Å². The second-order valence-corrected chi connectivity index (χ2v) is 2.40. The Bertz CT molecular complexity index is 417. The summed E-state index contributed by atoms with van der Waals surface area (Å²) in [4.78, 5) is 0.